The maximum atomic E-state index is 5.98. The summed E-state index contributed by atoms with van der Waals surface area (Å²) in [5.41, 5.74) is 9.28. The van der Waals surface area contributed by atoms with Crippen molar-refractivity contribution in [3.8, 4) is 22.6 Å². The van der Waals surface area contributed by atoms with Crippen LogP contribution in [0.5, 0.6) is 0 Å². The molecule has 0 aliphatic carbocycles. The van der Waals surface area contributed by atoms with Crippen molar-refractivity contribution in [3.05, 3.63) is 108 Å². The van der Waals surface area contributed by atoms with Crippen LogP contribution in [0.15, 0.2) is 89.5 Å². The van der Waals surface area contributed by atoms with Crippen LogP contribution in [0.3, 0.4) is 0 Å². The number of furan rings is 1. The minimum atomic E-state index is -1.86. The number of imidazole rings is 1. The fraction of sp³-hybridized carbons (Fsp3) is 0.293. The van der Waals surface area contributed by atoms with Crippen LogP contribution in [-0.2, 0) is 33.1 Å². The van der Waals surface area contributed by atoms with E-state index in [1.807, 2.05) is 36.4 Å². The summed E-state index contributed by atoms with van der Waals surface area (Å²) in [6, 6.07) is 33.4. The van der Waals surface area contributed by atoms with Crippen LogP contribution in [-0.4, -0.2) is 32.8 Å². The number of rotatable bonds is 7. The number of pyridine rings is 2. The van der Waals surface area contributed by atoms with E-state index in [0.29, 0.717) is 17.5 Å². The first-order chi connectivity index (χ1) is 22.5. The van der Waals surface area contributed by atoms with Gasteiger partial charge in [-0.3, -0.25) is 4.98 Å². The zero-order valence-corrected chi connectivity index (χ0v) is 33.7. The largest absolute Gasteiger partial charge is 0.486 e. The van der Waals surface area contributed by atoms with Gasteiger partial charge in [0.2, 0.25) is 5.71 Å². The standard InChI is InChI=1S/C23H20N3O.C18H24GeN.Ir/c1-4-26-20-8-6-5-7-19(20)24-22(26)15-9-12-21-17(13-15)16-10-11-18(14(2)3)25-23(16)27-21;1-14(2)11-16-12-18(15-9-7-6-8-10-15)20-13-17(16)19(3,4)5;/h5-8,10-14H,4H2,1-3H3;6-9,12-14H,11H2,1-5H3;/q2*-1;. The third kappa shape index (κ3) is 7.51. The summed E-state index contributed by atoms with van der Waals surface area (Å²) in [5, 5.41) is 2.08. The minimum absolute atomic E-state index is 0. The molecule has 0 aliphatic heterocycles. The predicted molar refractivity (Wildman–Crippen MR) is 199 cm³/mol. The molecule has 0 N–H and O–H groups in total. The Morgan fingerprint density at radius 3 is 2.31 bits per heavy atom. The van der Waals surface area contributed by atoms with Gasteiger partial charge >= 0.3 is 126 Å². The first kappa shape index (κ1) is 35.7. The average Bonchev–Trinajstić information content (AvgIpc) is 3.62. The Morgan fingerprint density at radius 1 is 0.854 bits per heavy atom. The molecular weight excluding hydrogens is 829 g/mol. The maximum absolute atomic E-state index is 5.98. The molecule has 0 unspecified atom stereocenters. The SMILES string of the molecule is CC(C)Cc1cc(-c2[c-]cccc2)nc[c]1[Ge]([CH3])([CH3])[CH3].CCn1c(-c2[c-]cc3oc4nc(C(C)C)ccc4c3c2)nc2ccccc21.[Ir]. The van der Waals surface area contributed by atoms with Crippen molar-refractivity contribution < 1.29 is 24.5 Å². The summed E-state index contributed by atoms with van der Waals surface area (Å²) in [6.07, 6.45) is 3.27. The fourth-order valence-corrected chi connectivity index (χ4v) is 9.48. The molecule has 7 aromatic rings. The number of para-hydroxylation sites is 2. The number of aromatic nitrogens is 4. The second-order valence-electron chi connectivity index (χ2n) is 14.0. The summed E-state index contributed by atoms with van der Waals surface area (Å²) in [5.74, 6) is 9.30. The van der Waals surface area contributed by atoms with Gasteiger partial charge in [-0.05, 0) is 37.1 Å². The number of hydrogen-bond acceptors (Lipinski definition) is 4. The van der Waals surface area contributed by atoms with Crippen LogP contribution < -0.4 is 4.40 Å². The molecule has 0 saturated heterocycles. The third-order valence-electron chi connectivity index (χ3n) is 8.51. The molecule has 0 amide bonds. The maximum Gasteiger partial charge on any atom is 0.216 e. The molecule has 0 atom stereocenters. The van der Waals surface area contributed by atoms with E-state index < -0.39 is 13.3 Å². The van der Waals surface area contributed by atoms with Crippen molar-refractivity contribution >= 4 is 50.8 Å². The van der Waals surface area contributed by atoms with Crippen LogP contribution >= 0.6 is 0 Å². The van der Waals surface area contributed by atoms with Crippen LogP contribution in [0.4, 0.5) is 0 Å². The Kier molecular flexibility index (Phi) is 11.1. The zero-order chi connectivity index (χ0) is 33.3. The van der Waals surface area contributed by atoms with Crippen molar-refractivity contribution in [1.82, 2.24) is 19.5 Å². The van der Waals surface area contributed by atoms with Crippen LogP contribution in [0, 0.1) is 18.1 Å². The second-order valence-corrected chi connectivity index (χ2v) is 24.6. The topological polar surface area (TPSA) is 56.7 Å². The molecule has 0 fully saturated rings. The molecule has 5 nitrogen and oxygen atoms in total. The Morgan fingerprint density at radius 2 is 1.62 bits per heavy atom. The molecule has 0 saturated carbocycles. The van der Waals surface area contributed by atoms with Gasteiger partial charge in [0.05, 0.1) is 22.4 Å². The first-order valence-corrected chi connectivity index (χ1v) is 24.0. The van der Waals surface area contributed by atoms with Gasteiger partial charge < -0.3 is 8.98 Å². The molecule has 3 aromatic carbocycles. The molecule has 0 aliphatic rings. The number of hydrogen-bond donors (Lipinski definition) is 0. The Balaban J connectivity index is 0.000000193. The number of nitrogens with zero attached hydrogens (tertiary/aromatic N) is 4. The monoisotopic (exact) mass is 875 g/mol. The summed E-state index contributed by atoms with van der Waals surface area (Å²) in [7, 11) is 0. The second kappa shape index (κ2) is 14.9. The van der Waals surface area contributed by atoms with Crippen molar-refractivity contribution in [3.63, 3.8) is 0 Å². The van der Waals surface area contributed by atoms with Crippen LogP contribution in [0.2, 0.25) is 17.3 Å². The Labute approximate surface area is 300 Å². The molecule has 1 radical (unpaired) electrons. The summed E-state index contributed by atoms with van der Waals surface area (Å²) in [4.78, 5) is 14.2. The van der Waals surface area contributed by atoms with E-state index in [1.165, 1.54) is 5.56 Å². The fourth-order valence-electron chi connectivity index (χ4n) is 6.15. The van der Waals surface area contributed by atoms with Crippen molar-refractivity contribution in [1.29, 1.82) is 0 Å². The van der Waals surface area contributed by atoms with Gasteiger partial charge in [-0.25, -0.2) is 4.98 Å². The number of benzene rings is 3. The first-order valence-electron chi connectivity index (χ1n) is 16.7. The quantitative estimate of drug-likeness (QED) is 0.118. The van der Waals surface area contributed by atoms with Gasteiger partial charge in [0.1, 0.15) is 0 Å². The van der Waals surface area contributed by atoms with Crippen molar-refractivity contribution in [2.75, 3.05) is 0 Å². The van der Waals surface area contributed by atoms with Gasteiger partial charge in [0.15, 0.2) is 0 Å². The van der Waals surface area contributed by atoms with E-state index in [9.17, 15) is 0 Å². The summed E-state index contributed by atoms with van der Waals surface area (Å²) in [6.45, 7) is 11.8. The third-order valence-corrected chi connectivity index (χ3v) is 12.8. The summed E-state index contributed by atoms with van der Waals surface area (Å²) >= 11 is -1.86. The molecule has 7 heteroatoms. The number of aryl methyl sites for hydroxylation is 1. The van der Waals surface area contributed by atoms with E-state index in [0.717, 1.165) is 68.7 Å². The van der Waals surface area contributed by atoms with Crippen LogP contribution in [0.1, 0.15) is 51.8 Å². The minimum Gasteiger partial charge on any atom is -0.486 e. The molecule has 0 spiro atoms. The molecule has 4 heterocycles. The van der Waals surface area contributed by atoms with Crippen molar-refractivity contribution in [2.45, 2.75) is 70.8 Å². The molecular formula is C41H44GeIrN4O-2. The normalized spacial score (nSPS) is 11.7. The molecule has 249 valence electrons. The molecule has 48 heavy (non-hydrogen) atoms. The molecule has 4 aromatic heterocycles. The van der Waals surface area contributed by atoms with E-state index in [-0.39, 0.29) is 20.1 Å². The number of fused-ring (bicyclic) bond motifs is 4. The molecule has 0 bridgehead atoms. The van der Waals surface area contributed by atoms with Gasteiger partial charge in [-0.15, -0.1) is 23.8 Å². The van der Waals surface area contributed by atoms with Gasteiger partial charge in [-0.2, -0.15) is 0 Å². The van der Waals surface area contributed by atoms with Gasteiger partial charge in [-0.1, -0.05) is 31.4 Å². The Bertz CT molecular complexity index is 2160. The zero-order valence-electron chi connectivity index (χ0n) is 29.2. The van der Waals surface area contributed by atoms with Gasteiger partial charge in [0.25, 0.3) is 0 Å². The molecule has 7 rings (SSSR count). The Hall–Kier alpha value is -3.58. The van der Waals surface area contributed by atoms with Gasteiger partial charge in [0, 0.05) is 37.7 Å². The van der Waals surface area contributed by atoms with E-state index in [4.69, 9.17) is 14.4 Å². The van der Waals surface area contributed by atoms with E-state index in [2.05, 4.69) is 122 Å². The van der Waals surface area contributed by atoms with Crippen LogP contribution in [0.25, 0.3) is 55.7 Å². The predicted octanol–water partition coefficient (Wildman–Crippen LogP) is 10.2. The summed E-state index contributed by atoms with van der Waals surface area (Å²) < 4.78 is 9.75. The van der Waals surface area contributed by atoms with E-state index >= 15 is 0 Å². The van der Waals surface area contributed by atoms with E-state index in [1.54, 1.807) is 4.40 Å². The van der Waals surface area contributed by atoms with Crippen molar-refractivity contribution in [2.24, 2.45) is 5.92 Å². The smallest absolute Gasteiger partial charge is 0.216 e. The average molecular weight is 874 g/mol.